The second-order valence-electron chi connectivity index (χ2n) is 5.11. The number of ether oxygens (including phenoxy) is 1. The van der Waals surface area contributed by atoms with Gasteiger partial charge in [-0.25, -0.2) is 0 Å². The molecule has 1 heterocycles. The molecule has 110 valence electrons. The van der Waals surface area contributed by atoms with E-state index in [-0.39, 0.29) is 12.1 Å². The van der Waals surface area contributed by atoms with E-state index in [2.05, 4.69) is 46.8 Å². The van der Waals surface area contributed by atoms with E-state index in [0.29, 0.717) is 13.2 Å². The zero-order valence-electron chi connectivity index (χ0n) is 11.8. The van der Waals surface area contributed by atoms with Crippen LogP contribution in [0.25, 0.3) is 0 Å². The van der Waals surface area contributed by atoms with Gasteiger partial charge in [-0.3, -0.25) is 9.69 Å². The van der Waals surface area contributed by atoms with Gasteiger partial charge in [0.25, 0.3) is 0 Å². The largest absolute Gasteiger partial charge is 0.481 e. The maximum absolute atomic E-state index is 11.3. The van der Waals surface area contributed by atoms with Crippen LogP contribution >= 0.6 is 15.9 Å². The van der Waals surface area contributed by atoms with E-state index in [1.54, 1.807) is 0 Å². The van der Waals surface area contributed by atoms with Crippen molar-refractivity contribution in [2.24, 2.45) is 5.92 Å². The lowest BCUT2D eigenvalue weighted by Crippen LogP contribution is -2.44. The highest BCUT2D eigenvalue weighted by molar-refractivity contribution is 9.10. The van der Waals surface area contributed by atoms with Crippen molar-refractivity contribution in [2.45, 2.75) is 25.9 Å². The van der Waals surface area contributed by atoms with Gasteiger partial charge in [-0.2, -0.15) is 0 Å². The molecule has 1 fully saturated rings. The Hall–Kier alpha value is -0.910. The van der Waals surface area contributed by atoms with Crippen LogP contribution in [0.2, 0.25) is 0 Å². The van der Waals surface area contributed by atoms with Crippen molar-refractivity contribution < 1.29 is 14.6 Å². The molecule has 0 aromatic heterocycles. The van der Waals surface area contributed by atoms with E-state index in [1.165, 1.54) is 5.56 Å². The van der Waals surface area contributed by atoms with Gasteiger partial charge in [-0.05, 0) is 31.2 Å². The van der Waals surface area contributed by atoms with Gasteiger partial charge in [-0.15, -0.1) is 0 Å². The molecule has 1 aliphatic heterocycles. The third kappa shape index (κ3) is 3.22. The average Bonchev–Trinajstić information content (AvgIpc) is 2.89. The second kappa shape index (κ2) is 6.70. The van der Waals surface area contributed by atoms with E-state index in [4.69, 9.17) is 4.74 Å². The summed E-state index contributed by atoms with van der Waals surface area (Å²) in [6.07, 6.45) is 0. The third-order valence-corrected chi connectivity index (χ3v) is 4.48. The first-order valence-electron chi connectivity index (χ1n) is 6.86. The smallest absolute Gasteiger partial charge is 0.310 e. The predicted molar refractivity (Wildman–Crippen MR) is 80.7 cm³/mol. The van der Waals surface area contributed by atoms with Gasteiger partial charge in [-0.1, -0.05) is 35.0 Å². The lowest BCUT2D eigenvalue weighted by atomic mass is 9.98. The first-order chi connectivity index (χ1) is 9.54. The first-order valence-corrected chi connectivity index (χ1v) is 7.65. The topological polar surface area (TPSA) is 49.8 Å². The van der Waals surface area contributed by atoms with E-state index in [9.17, 15) is 9.90 Å². The molecule has 3 atom stereocenters. The summed E-state index contributed by atoms with van der Waals surface area (Å²) < 4.78 is 6.43. The highest BCUT2D eigenvalue weighted by atomic mass is 79.9. The molecular formula is C15H20BrNO3. The molecule has 0 spiro atoms. The number of hydrogen-bond acceptors (Lipinski definition) is 3. The van der Waals surface area contributed by atoms with Crippen LogP contribution in [-0.2, 0) is 9.53 Å². The third-order valence-electron chi connectivity index (χ3n) is 3.99. The lowest BCUT2D eigenvalue weighted by Gasteiger charge is -2.35. The Morgan fingerprint density at radius 3 is 2.90 bits per heavy atom. The molecule has 0 aliphatic carbocycles. The molecule has 3 unspecified atom stereocenters. The van der Waals surface area contributed by atoms with E-state index in [0.717, 1.165) is 11.0 Å². The van der Waals surface area contributed by atoms with Gasteiger partial charge in [0.1, 0.15) is 0 Å². The van der Waals surface area contributed by atoms with Crippen molar-refractivity contribution in [1.82, 2.24) is 4.90 Å². The highest BCUT2D eigenvalue weighted by Gasteiger charge is 2.39. The molecule has 5 heteroatoms. The Morgan fingerprint density at radius 2 is 2.30 bits per heavy atom. The minimum Gasteiger partial charge on any atom is -0.481 e. The summed E-state index contributed by atoms with van der Waals surface area (Å²) in [5.41, 5.74) is 1.18. The van der Waals surface area contributed by atoms with E-state index >= 15 is 0 Å². The standard InChI is InChI=1S/C15H20BrNO3/c1-3-17(14-9-20-8-13(14)15(18)19)10(2)11-5-4-6-12(16)7-11/h4-7,10,13-14H,3,8-9H2,1-2H3,(H,18,19). The van der Waals surface area contributed by atoms with Crippen molar-refractivity contribution in [2.75, 3.05) is 19.8 Å². The Morgan fingerprint density at radius 1 is 1.55 bits per heavy atom. The number of carbonyl (C=O) groups is 1. The first kappa shape index (κ1) is 15.5. The van der Waals surface area contributed by atoms with Crippen LogP contribution in [0.15, 0.2) is 28.7 Å². The van der Waals surface area contributed by atoms with Gasteiger partial charge in [0.2, 0.25) is 0 Å². The normalized spacial score (nSPS) is 24.0. The SMILES string of the molecule is CCN(C(C)c1cccc(Br)c1)C1COCC1C(=O)O. The minimum absolute atomic E-state index is 0.0634. The van der Waals surface area contributed by atoms with Gasteiger partial charge in [0.05, 0.1) is 19.1 Å². The van der Waals surface area contributed by atoms with Crippen LogP contribution in [0.4, 0.5) is 0 Å². The lowest BCUT2D eigenvalue weighted by molar-refractivity contribution is -0.143. The summed E-state index contributed by atoms with van der Waals surface area (Å²) in [6.45, 7) is 5.77. The summed E-state index contributed by atoms with van der Waals surface area (Å²) >= 11 is 3.48. The monoisotopic (exact) mass is 341 g/mol. The number of likely N-dealkylation sites (N-methyl/N-ethyl adjacent to an activating group) is 1. The number of hydrogen-bond donors (Lipinski definition) is 1. The molecule has 0 saturated carbocycles. The molecule has 4 nitrogen and oxygen atoms in total. The maximum atomic E-state index is 11.3. The van der Waals surface area contributed by atoms with Crippen LogP contribution in [0.5, 0.6) is 0 Å². The Kier molecular flexibility index (Phi) is 5.18. The van der Waals surface area contributed by atoms with Crippen LogP contribution in [0, 0.1) is 5.92 Å². The molecule has 1 aliphatic rings. The summed E-state index contributed by atoms with van der Waals surface area (Å²) in [5, 5.41) is 9.31. The molecule has 2 rings (SSSR count). The molecule has 1 N–H and O–H groups in total. The number of aliphatic carboxylic acids is 1. The zero-order chi connectivity index (χ0) is 14.7. The molecule has 20 heavy (non-hydrogen) atoms. The van der Waals surface area contributed by atoms with E-state index < -0.39 is 11.9 Å². The second-order valence-corrected chi connectivity index (χ2v) is 6.03. The molecule has 0 amide bonds. The Balaban J connectivity index is 2.21. The fraction of sp³-hybridized carbons (Fsp3) is 0.533. The van der Waals surface area contributed by atoms with Crippen LogP contribution in [-0.4, -0.2) is 41.8 Å². The minimum atomic E-state index is -0.771. The number of rotatable bonds is 5. The van der Waals surface area contributed by atoms with Crippen LogP contribution in [0.1, 0.15) is 25.5 Å². The van der Waals surface area contributed by atoms with Gasteiger partial charge < -0.3 is 9.84 Å². The summed E-state index contributed by atoms with van der Waals surface area (Å²) in [5.74, 6) is -1.21. The van der Waals surface area contributed by atoms with E-state index in [1.807, 2.05) is 12.1 Å². The quantitative estimate of drug-likeness (QED) is 0.894. The fourth-order valence-electron chi connectivity index (χ4n) is 2.86. The van der Waals surface area contributed by atoms with Crippen LogP contribution in [0.3, 0.4) is 0 Å². The predicted octanol–water partition coefficient (Wildman–Crippen LogP) is 2.93. The Bertz CT molecular complexity index is 480. The molecule has 1 aromatic carbocycles. The van der Waals surface area contributed by atoms with Crippen molar-refractivity contribution >= 4 is 21.9 Å². The molecule has 0 radical (unpaired) electrons. The molecule has 0 bridgehead atoms. The zero-order valence-corrected chi connectivity index (χ0v) is 13.3. The molecular weight excluding hydrogens is 322 g/mol. The van der Waals surface area contributed by atoms with Crippen LogP contribution < -0.4 is 0 Å². The van der Waals surface area contributed by atoms with Crippen molar-refractivity contribution in [3.63, 3.8) is 0 Å². The number of carboxylic acids is 1. The molecule has 1 saturated heterocycles. The van der Waals surface area contributed by atoms with Gasteiger partial charge in [0.15, 0.2) is 0 Å². The van der Waals surface area contributed by atoms with Crippen molar-refractivity contribution in [1.29, 1.82) is 0 Å². The summed E-state index contributed by atoms with van der Waals surface area (Å²) in [4.78, 5) is 13.5. The average molecular weight is 342 g/mol. The maximum Gasteiger partial charge on any atom is 0.310 e. The summed E-state index contributed by atoms with van der Waals surface area (Å²) in [7, 11) is 0. The number of carboxylic acid groups (broad SMARTS) is 1. The van der Waals surface area contributed by atoms with Crippen molar-refractivity contribution in [3.8, 4) is 0 Å². The number of halogens is 1. The van der Waals surface area contributed by atoms with Crippen molar-refractivity contribution in [3.05, 3.63) is 34.3 Å². The fourth-order valence-corrected chi connectivity index (χ4v) is 3.28. The van der Waals surface area contributed by atoms with Gasteiger partial charge in [0, 0.05) is 16.6 Å². The highest BCUT2D eigenvalue weighted by Crippen LogP contribution is 2.29. The summed E-state index contributed by atoms with van der Waals surface area (Å²) in [6, 6.07) is 8.25. The molecule has 1 aromatic rings. The number of nitrogens with zero attached hydrogens (tertiary/aromatic N) is 1. The Labute approximate surface area is 127 Å². The van der Waals surface area contributed by atoms with Gasteiger partial charge >= 0.3 is 5.97 Å². The number of benzene rings is 1.